The average molecular weight is 150 g/mol. The number of ether oxygens (including phenoxy) is 1. The number of hydrogen-bond acceptors (Lipinski definition) is 3. The highest BCUT2D eigenvalue weighted by Crippen LogP contribution is 2.28. The van der Waals surface area contributed by atoms with E-state index in [1.165, 1.54) is 10.8 Å². The van der Waals surface area contributed by atoms with Crippen LogP contribution < -0.4 is 0 Å². The summed E-state index contributed by atoms with van der Waals surface area (Å²) >= 11 is 4.01. The van der Waals surface area contributed by atoms with Gasteiger partial charge in [-0.2, -0.15) is 0 Å². The van der Waals surface area contributed by atoms with Crippen molar-refractivity contribution in [3.63, 3.8) is 0 Å². The van der Waals surface area contributed by atoms with Crippen molar-refractivity contribution in [2.24, 2.45) is 0 Å². The van der Waals surface area contributed by atoms with Crippen LogP contribution in [0.2, 0.25) is 0 Å². The van der Waals surface area contributed by atoms with Crippen molar-refractivity contribution in [2.75, 3.05) is 24.6 Å². The van der Waals surface area contributed by atoms with Gasteiger partial charge in [0.15, 0.2) is 0 Å². The molecule has 0 aromatic heterocycles. The van der Waals surface area contributed by atoms with E-state index >= 15 is 0 Å². The third-order valence-corrected chi connectivity index (χ3v) is 3.88. The van der Waals surface area contributed by atoms with Crippen molar-refractivity contribution >= 4 is 23.5 Å². The quantitative estimate of drug-likeness (QED) is 0.589. The van der Waals surface area contributed by atoms with E-state index in [0.29, 0.717) is 0 Å². The molecule has 1 rings (SSSR count). The highest BCUT2D eigenvalue weighted by Gasteiger charge is 2.14. The molecular weight excluding hydrogens is 140 g/mol. The maximum Gasteiger partial charge on any atom is 0.0589 e. The zero-order valence-electron chi connectivity index (χ0n) is 4.92. The molecule has 0 aromatic carbocycles. The van der Waals surface area contributed by atoms with E-state index in [-0.39, 0.29) is 0 Å². The van der Waals surface area contributed by atoms with Gasteiger partial charge in [-0.15, -0.1) is 23.5 Å². The largest absolute Gasteiger partial charge is 0.384 e. The van der Waals surface area contributed by atoms with E-state index in [1.54, 1.807) is 7.11 Å². The van der Waals surface area contributed by atoms with Gasteiger partial charge in [-0.25, -0.2) is 0 Å². The molecule has 1 unspecified atom stereocenters. The normalized spacial score (nSPS) is 28.9. The van der Waals surface area contributed by atoms with E-state index < -0.39 is 0 Å². The van der Waals surface area contributed by atoms with Crippen molar-refractivity contribution in [1.82, 2.24) is 0 Å². The highest BCUT2D eigenvalue weighted by atomic mass is 32.2. The average Bonchev–Trinajstić information content (AvgIpc) is 2.19. The van der Waals surface area contributed by atoms with Crippen LogP contribution in [0.5, 0.6) is 0 Å². The lowest BCUT2D eigenvalue weighted by molar-refractivity contribution is 0.204. The first-order chi connectivity index (χ1) is 3.93. The molecule has 1 atom stereocenters. The molecule has 0 N–H and O–H groups in total. The molecule has 48 valence electrons. The Labute approximate surface area is 58.6 Å². The molecule has 0 saturated carbocycles. The minimum atomic E-state index is 0.769. The van der Waals surface area contributed by atoms with Gasteiger partial charge in [0.1, 0.15) is 0 Å². The van der Waals surface area contributed by atoms with Gasteiger partial charge in [-0.1, -0.05) is 0 Å². The molecule has 0 aliphatic carbocycles. The zero-order chi connectivity index (χ0) is 5.82. The first kappa shape index (κ1) is 6.78. The third kappa shape index (κ3) is 1.88. The van der Waals surface area contributed by atoms with E-state index in [2.05, 4.69) is 0 Å². The first-order valence-corrected chi connectivity index (χ1v) is 4.82. The van der Waals surface area contributed by atoms with E-state index in [1.807, 2.05) is 23.5 Å². The molecule has 0 amide bonds. The first-order valence-electron chi connectivity index (χ1n) is 2.62. The Morgan fingerprint density at radius 3 is 3.12 bits per heavy atom. The van der Waals surface area contributed by atoms with Gasteiger partial charge in [0.25, 0.3) is 0 Å². The van der Waals surface area contributed by atoms with E-state index in [4.69, 9.17) is 4.74 Å². The Bertz CT molecular complexity index is 61.4. The topological polar surface area (TPSA) is 9.23 Å². The summed E-state index contributed by atoms with van der Waals surface area (Å²) in [6, 6.07) is 0. The van der Waals surface area contributed by atoms with Crippen LogP contribution in [0.25, 0.3) is 0 Å². The molecule has 0 radical (unpaired) electrons. The summed E-state index contributed by atoms with van der Waals surface area (Å²) in [6.07, 6.45) is 0. The third-order valence-electron chi connectivity index (χ3n) is 1.04. The summed E-state index contributed by atoms with van der Waals surface area (Å²) in [5, 5.41) is 2.03. The molecule has 1 aliphatic rings. The number of rotatable bonds is 2. The number of methoxy groups -OCH3 is 1. The number of thioether (sulfide) groups is 2. The second-order valence-corrected chi connectivity index (χ2v) is 4.42. The van der Waals surface area contributed by atoms with E-state index in [9.17, 15) is 0 Å². The van der Waals surface area contributed by atoms with Crippen molar-refractivity contribution in [3.8, 4) is 0 Å². The van der Waals surface area contributed by atoms with Crippen LogP contribution >= 0.6 is 23.5 Å². The molecule has 1 aliphatic heterocycles. The van der Waals surface area contributed by atoms with Crippen molar-refractivity contribution in [3.05, 3.63) is 0 Å². The van der Waals surface area contributed by atoms with Gasteiger partial charge in [0.05, 0.1) is 6.61 Å². The SMILES string of the molecule is COCC1CSCS1. The Morgan fingerprint density at radius 2 is 2.62 bits per heavy atom. The molecule has 1 nitrogen and oxygen atoms in total. The summed E-state index contributed by atoms with van der Waals surface area (Å²) in [5.74, 6) is 1.28. The van der Waals surface area contributed by atoms with Crippen LogP contribution in [-0.4, -0.2) is 29.8 Å². The standard InChI is InChI=1S/C5H10OS2/c1-6-2-5-3-7-4-8-5/h5H,2-4H2,1H3. The Morgan fingerprint density at radius 1 is 1.75 bits per heavy atom. The highest BCUT2D eigenvalue weighted by molar-refractivity contribution is 8.19. The molecule has 8 heavy (non-hydrogen) atoms. The molecule has 1 heterocycles. The van der Waals surface area contributed by atoms with Crippen LogP contribution in [-0.2, 0) is 4.74 Å². The summed E-state index contributed by atoms with van der Waals surface area (Å²) in [5.41, 5.74) is 0. The molecular formula is C5H10OS2. The summed E-state index contributed by atoms with van der Waals surface area (Å²) in [7, 11) is 1.77. The van der Waals surface area contributed by atoms with Crippen molar-refractivity contribution in [2.45, 2.75) is 5.25 Å². The minimum absolute atomic E-state index is 0.769. The molecule has 1 fully saturated rings. The molecule has 0 spiro atoms. The predicted molar refractivity (Wildman–Crippen MR) is 40.6 cm³/mol. The summed E-state index contributed by atoms with van der Waals surface area (Å²) < 4.78 is 4.99. The van der Waals surface area contributed by atoms with Gasteiger partial charge in [0.2, 0.25) is 0 Å². The monoisotopic (exact) mass is 150 g/mol. The Hall–Kier alpha value is 0.660. The predicted octanol–water partition coefficient (Wildman–Crippen LogP) is 1.44. The Balaban J connectivity index is 2.06. The van der Waals surface area contributed by atoms with Crippen molar-refractivity contribution < 1.29 is 4.74 Å². The van der Waals surface area contributed by atoms with Crippen molar-refractivity contribution in [1.29, 1.82) is 0 Å². The van der Waals surface area contributed by atoms with Gasteiger partial charge < -0.3 is 4.74 Å². The fraction of sp³-hybridized carbons (Fsp3) is 1.00. The molecule has 0 bridgehead atoms. The fourth-order valence-electron chi connectivity index (χ4n) is 0.654. The zero-order valence-corrected chi connectivity index (χ0v) is 6.56. The van der Waals surface area contributed by atoms with Crippen LogP contribution in [0.1, 0.15) is 0 Å². The van der Waals surface area contributed by atoms with Crippen LogP contribution in [0.15, 0.2) is 0 Å². The summed E-state index contributed by atoms with van der Waals surface area (Å²) in [6.45, 7) is 0.928. The fourth-order valence-corrected chi connectivity index (χ4v) is 3.46. The maximum absolute atomic E-state index is 4.99. The summed E-state index contributed by atoms with van der Waals surface area (Å²) in [4.78, 5) is 0. The van der Waals surface area contributed by atoms with Gasteiger partial charge in [-0.3, -0.25) is 0 Å². The number of hydrogen-bond donors (Lipinski definition) is 0. The van der Waals surface area contributed by atoms with Crippen LogP contribution in [0, 0.1) is 0 Å². The minimum Gasteiger partial charge on any atom is -0.384 e. The van der Waals surface area contributed by atoms with Gasteiger partial charge in [0, 0.05) is 23.2 Å². The lowest BCUT2D eigenvalue weighted by Crippen LogP contribution is -2.08. The van der Waals surface area contributed by atoms with Crippen LogP contribution in [0.4, 0.5) is 0 Å². The van der Waals surface area contributed by atoms with Gasteiger partial charge >= 0.3 is 0 Å². The lowest BCUT2D eigenvalue weighted by Gasteiger charge is -2.02. The smallest absolute Gasteiger partial charge is 0.0589 e. The lowest BCUT2D eigenvalue weighted by atomic mass is 10.5. The van der Waals surface area contributed by atoms with Crippen LogP contribution in [0.3, 0.4) is 0 Å². The second kappa shape index (κ2) is 3.64. The molecule has 3 heteroatoms. The Kier molecular flexibility index (Phi) is 3.08. The maximum atomic E-state index is 4.99. The van der Waals surface area contributed by atoms with E-state index in [0.717, 1.165) is 11.9 Å². The molecule has 1 saturated heterocycles. The molecule has 0 aromatic rings. The van der Waals surface area contributed by atoms with Gasteiger partial charge in [-0.05, 0) is 0 Å². The second-order valence-electron chi connectivity index (χ2n) is 1.73.